The van der Waals surface area contributed by atoms with E-state index in [1.165, 1.54) is 11.0 Å². The van der Waals surface area contributed by atoms with E-state index in [-0.39, 0.29) is 5.78 Å². The zero-order valence-electron chi connectivity index (χ0n) is 15.2. The minimum absolute atomic E-state index is 0.138. The third-order valence-electron chi connectivity index (χ3n) is 3.73. The largest absolute Gasteiger partial charge is 0.497 e. The highest BCUT2D eigenvalue weighted by Gasteiger charge is 2.33. The van der Waals surface area contributed by atoms with E-state index in [0.29, 0.717) is 19.6 Å². The molecule has 1 heterocycles. The van der Waals surface area contributed by atoms with Gasteiger partial charge in [0.25, 0.3) is 0 Å². The van der Waals surface area contributed by atoms with Gasteiger partial charge in [0.05, 0.1) is 7.11 Å². The van der Waals surface area contributed by atoms with Gasteiger partial charge in [0.15, 0.2) is 5.78 Å². The van der Waals surface area contributed by atoms with Gasteiger partial charge >= 0.3 is 6.09 Å². The lowest BCUT2D eigenvalue weighted by molar-refractivity contribution is -0.120. The minimum Gasteiger partial charge on any atom is -0.497 e. The number of piperazine rings is 1. The number of ketones is 1. The number of hydrogen-bond acceptors (Lipinski definition) is 5. The van der Waals surface area contributed by atoms with Gasteiger partial charge in [-0.2, -0.15) is 0 Å². The Morgan fingerprint density at radius 3 is 2.76 bits per heavy atom. The molecule has 25 heavy (non-hydrogen) atoms. The van der Waals surface area contributed by atoms with Crippen molar-refractivity contribution in [2.75, 3.05) is 26.7 Å². The molecule has 0 spiro atoms. The number of ether oxygens (including phenoxy) is 2. The number of benzene rings is 1. The number of nitrogens with one attached hydrogen (secondary N) is 1. The predicted molar refractivity (Wildman–Crippen MR) is 96.6 cm³/mol. The molecule has 136 valence electrons. The Morgan fingerprint density at radius 2 is 2.08 bits per heavy atom. The summed E-state index contributed by atoms with van der Waals surface area (Å²) in [5, 5.41) is 3.16. The molecule has 1 N–H and O–H groups in total. The van der Waals surface area contributed by atoms with Crippen LogP contribution in [0.5, 0.6) is 5.75 Å². The van der Waals surface area contributed by atoms with Crippen molar-refractivity contribution >= 4 is 18.0 Å². The topological polar surface area (TPSA) is 67.9 Å². The number of carbonyl (C=O) groups is 2. The first-order chi connectivity index (χ1) is 11.8. The lowest BCUT2D eigenvalue weighted by Crippen LogP contribution is -2.57. The monoisotopic (exact) mass is 346 g/mol. The second kappa shape index (κ2) is 8.16. The van der Waals surface area contributed by atoms with E-state index >= 15 is 0 Å². The molecule has 1 saturated heterocycles. The van der Waals surface area contributed by atoms with Crippen LogP contribution in [0.3, 0.4) is 0 Å². The second-order valence-electron chi connectivity index (χ2n) is 6.91. The maximum absolute atomic E-state index is 12.6. The highest BCUT2D eigenvalue weighted by atomic mass is 16.6. The maximum atomic E-state index is 12.6. The first kappa shape index (κ1) is 19.0. The van der Waals surface area contributed by atoms with Gasteiger partial charge in [-0.1, -0.05) is 18.2 Å². The fraction of sp³-hybridized carbons (Fsp3) is 0.474. The van der Waals surface area contributed by atoms with E-state index < -0.39 is 17.7 Å². The van der Waals surface area contributed by atoms with E-state index in [4.69, 9.17) is 9.47 Å². The average molecular weight is 346 g/mol. The summed E-state index contributed by atoms with van der Waals surface area (Å²) < 4.78 is 10.6. The molecule has 0 aliphatic carbocycles. The predicted octanol–water partition coefficient (Wildman–Crippen LogP) is 2.49. The Bertz CT molecular complexity index is 649. The van der Waals surface area contributed by atoms with E-state index in [9.17, 15) is 9.59 Å². The highest BCUT2D eigenvalue weighted by molar-refractivity contribution is 5.99. The summed E-state index contributed by atoms with van der Waals surface area (Å²) >= 11 is 0. The number of rotatable bonds is 4. The summed E-state index contributed by atoms with van der Waals surface area (Å²) in [5.74, 6) is 0.588. The SMILES string of the molecule is COc1cccc(C=CC(=O)C2CNCCN2C(=O)OC(C)(C)C)c1. The van der Waals surface area contributed by atoms with Crippen LogP contribution in [0.2, 0.25) is 0 Å². The van der Waals surface area contributed by atoms with Crippen molar-refractivity contribution in [1.82, 2.24) is 10.2 Å². The van der Waals surface area contributed by atoms with Gasteiger partial charge < -0.3 is 14.8 Å². The van der Waals surface area contributed by atoms with Crippen LogP contribution in [0, 0.1) is 0 Å². The molecule has 1 atom stereocenters. The summed E-state index contributed by atoms with van der Waals surface area (Å²) in [5.41, 5.74) is 0.270. The molecule has 1 aromatic carbocycles. The fourth-order valence-electron chi connectivity index (χ4n) is 2.53. The molecule has 1 fully saturated rings. The zero-order valence-corrected chi connectivity index (χ0v) is 15.2. The molecule has 0 saturated carbocycles. The second-order valence-corrected chi connectivity index (χ2v) is 6.91. The van der Waals surface area contributed by atoms with E-state index in [1.807, 2.05) is 45.0 Å². The Labute approximate surface area is 148 Å². The smallest absolute Gasteiger partial charge is 0.411 e. The molecule has 1 aliphatic rings. The maximum Gasteiger partial charge on any atom is 0.411 e. The number of nitrogens with zero attached hydrogens (tertiary/aromatic N) is 1. The minimum atomic E-state index is -0.591. The lowest BCUT2D eigenvalue weighted by Gasteiger charge is -2.35. The summed E-state index contributed by atoms with van der Waals surface area (Å²) in [6, 6.07) is 6.86. The molecule has 0 bridgehead atoms. The standard InChI is InChI=1S/C19H26N2O4/c1-19(2,3)25-18(23)21-11-10-20-13-16(21)17(22)9-8-14-6-5-7-15(12-14)24-4/h5-9,12,16,20H,10-11,13H2,1-4H3. The molecule has 1 amide bonds. The van der Waals surface area contributed by atoms with Crippen molar-refractivity contribution in [3.05, 3.63) is 35.9 Å². The van der Waals surface area contributed by atoms with Crippen molar-refractivity contribution in [2.45, 2.75) is 32.4 Å². The van der Waals surface area contributed by atoms with Gasteiger partial charge in [0.2, 0.25) is 0 Å². The van der Waals surface area contributed by atoms with Crippen molar-refractivity contribution in [1.29, 1.82) is 0 Å². The molecule has 0 radical (unpaired) electrons. The van der Waals surface area contributed by atoms with Crippen LogP contribution in [0.1, 0.15) is 26.3 Å². The van der Waals surface area contributed by atoms with E-state index in [0.717, 1.165) is 11.3 Å². The molecule has 0 aromatic heterocycles. The van der Waals surface area contributed by atoms with Gasteiger partial charge in [0.1, 0.15) is 17.4 Å². The van der Waals surface area contributed by atoms with Crippen LogP contribution in [-0.2, 0) is 9.53 Å². The summed E-state index contributed by atoms with van der Waals surface area (Å²) in [4.78, 5) is 26.5. The Morgan fingerprint density at radius 1 is 1.32 bits per heavy atom. The van der Waals surface area contributed by atoms with Gasteiger partial charge in [-0.3, -0.25) is 9.69 Å². The van der Waals surface area contributed by atoms with Crippen LogP contribution in [0.15, 0.2) is 30.3 Å². The van der Waals surface area contributed by atoms with Crippen molar-refractivity contribution < 1.29 is 19.1 Å². The highest BCUT2D eigenvalue weighted by Crippen LogP contribution is 2.16. The zero-order chi connectivity index (χ0) is 18.4. The van der Waals surface area contributed by atoms with Crippen LogP contribution in [0.4, 0.5) is 4.79 Å². The number of methoxy groups -OCH3 is 1. The van der Waals surface area contributed by atoms with Crippen LogP contribution in [0.25, 0.3) is 6.08 Å². The van der Waals surface area contributed by atoms with E-state index in [1.54, 1.807) is 13.2 Å². The quantitative estimate of drug-likeness (QED) is 0.849. The molecule has 1 aromatic rings. The molecule has 1 aliphatic heterocycles. The summed E-state index contributed by atoms with van der Waals surface area (Å²) in [6.07, 6.45) is 2.78. The molecule has 6 heteroatoms. The molecule has 2 rings (SSSR count). The Kier molecular flexibility index (Phi) is 6.20. The van der Waals surface area contributed by atoms with Crippen LogP contribution < -0.4 is 10.1 Å². The average Bonchev–Trinajstić information content (AvgIpc) is 2.58. The third kappa shape index (κ3) is 5.60. The fourth-order valence-corrected chi connectivity index (χ4v) is 2.53. The van der Waals surface area contributed by atoms with Gasteiger partial charge in [0, 0.05) is 19.6 Å². The first-order valence-corrected chi connectivity index (χ1v) is 8.36. The summed E-state index contributed by atoms with van der Waals surface area (Å²) in [7, 11) is 1.60. The van der Waals surface area contributed by atoms with Crippen molar-refractivity contribution in [3.8, 4) is 5.75 Å². The number of hydrogen-bond donors (Lipinski definition) is 1. The molecule has 6 nitrogen and oxygen atoms in total. The Hall–Kier alpha value is -2.34. The number of carbonyl (C=O) groups excluding carboxylic acids is 2. The third-order valence-corrected chi connectivity index (χ3v) is 3.73. The van der Waals surface area contributed by atoms with Gasteiger partial charge in [-0.15, -0.1) is 0 Å². The first-order valence-electron chi connectivity index (χ1n) is 8.36. The molecular weight excluding hydrogens is 320 g/mol. The van der Waals surface area contributed by atoms with Crippen molar-refractivity contribution in [3.63, 3.8) is 0 Å². The Balaban J connectivity index is 2.09. The molecular formula is C19H26N2O4. The normalized spacial score (nSPS) is 18.2. The van der Waals surface area contributed by atoms with Crippen LogP contribution in [-0.4, -0.2) is 55.2 Å². The molecule has 1 unspecified atom stereocenters. The lowest BCUT2D eigenvalue weighted by atomic mass is 10.1. The van der Waals surface area contributed by atoms with Gasteiger partial charge in [-0.05, 0) is 44.5 Å². The number of amides is 1. The van der Waals surface area contributed by atoms with Gasteiger partial charge in [-0.25, -0.2) is 4.79 Å². The summed E-state index contributed by atoms with van der Waals surface area (Å²) in [6.45, 7) is 6.94. The van der Waals surface area contributed by atoms with Crippen LogP contribution >= 0.6 is 0 Å². The van der Waals surface area contributed by atoms with Crippen molar-refractivity contribution in [2.24, 2.45) is 0 Å². The van der Waals surface area contributed by atoms with E-state index in [2.05, 4.69) is 5.32 Å².